The Morgan fingerprint density at radius 1 is 1.43 bits per heavy atom. The molecule has 0 aliphatic carbocycles. The zero-order chi connectivity index (χ0) is 16.3. The van der Waals surface area contributed by atoms with Crippen LogP contribution in [-0.4, -0.2) is 49.6 Å². The predicted octanol–water partition coefficient (Wildman–Crippen LogP) is 1.35. The van der Waals surface area contributed by atoms with Crippen molar-refractivity contribution in [2.24, 2.45) is 5.41 Å². The molecule has 1 saturated heterocycles. The second-order valence-electron chi connectivity index (χ2n) is 5.21. The highest BCUT2D eigenvalue weighted by molar-refractivity contribution is 7.87. The third-order valence-corrected chi connectivity index (χ3v) is 5.02. The summed E-state index contributed by atoms with van der Waals surface area (Å²) in [6.45, 7) is -0.172. The van der Waals surface area contributed by atoms with Crippen LogP contribution in [0.2, 0.25) is 0 Å². The van der Waals surface area contributed by atoms with Crippen LogP contribution in [-0.2, 0) is 15.0 Å². The number of rotatable bonds is 6. The first-order chi connectivity index (χ1) is 9.52. The maximum atomic E-state index is 12.1. The molecule has 1 fully saturated rings. The number of halogens is 3. The van der Waals surface area contributed by atoms with Crippen molar-refractivity contribution in [3.8, 4) is 0 Å². The van der Waals surface area contributed by atoms with E-state index in [4.69, 9.17) is 0 Å². The Hall–Kier alpha value is -0.870. The molecule has 1 aliphatic heterocycles. The van der Waals surface area contributed by atoms with Crippen molar-refractivity contribution < 1.29 is 31.5 Å². The number of nitrogens with one attached hydrogen (secondary N) is 1. The van der Waals surface area contributed by atoms with Crippen LogP contribution in [0.5, 0.6) is 0 Å². The van der Waals surface area contributed by atoms with Gasteiger partial charge in [-0.3, -0.25) is 4.79 Å². The molecule has 1 rings (SSSR count). The summed E-state index contributed by atoms with van der Waals surface area (Å²) in [6, 6.07) is 0. The summed E-state index contributed by atoms with van der Waals surface area (Å²) in [4.78, 5) is 11.4. The number of nitrogens with zero attached hydrogens (tertiary/aromatic N) is 1. The van der Waals surface area contributed by atoms with Crippen molar-refractivity contribution in [2.75, 3.05) is 19.6 Å². The van der Waals surface area contributed by atoms with Crippen molar-refractivity contribution in [1.82, 2.24) is 9.03 Å². The first-order valence-electron chi connectivity index (χ1n) is 6.57. The minimum absolute atomic E-state index is 0.0198. The standard InChI is InChI=1S/C11H19F3N2O4S/c1-2-4-10(9(17)18)5-3-6-16(8-10)21(19,20)15-7-11(12,13)14/h15H,2-8H2,1H3,(H,17,18). The zero-order valence-corrected chi connectivity index (χ0v) is 12.4. The van der Waals surface area contributed by atoms with Crippen LogP contribution in [0.1, 0.15) is 32.6 Å². The molecule has 0 aromatic heterocycles. The molecule has 124 valence electrons. The molecule has 1 heterocycles. The highest BCUT2D eigenvalue weighted by Gasteiger charge is 2.45. The normalized spacial score (nSPS) is 25.0. The fraction of sp³-hybridized carbons (Fsp3) is 0.909. The number of carboxylic acids is 1. The minimum atomic E-state index is -4.66. The summed E-state index contributed by atoms with van der Waals surface area (Å²) < 4.78 is 62.3. The summed E-state index contributed by atoms with van der Waals surface area (Å²) in [5.74, 6) is -1.11. The molecule has 21 heavy (non-hydrogen) atoms. The van der Waals surface area contributed by atoms with Gasteiger partial charge in [0.25, 0.3) is 10.2 Å². The van der Waals surface area contributed by atoms with Gasteiger partial charge in [0, 0.05) is 13.1 Å². The van der Waals surface area contributed by atoms with E-state index in [1.165, 1.54) is 4.72 Å². The Labute approximate surface area is 121 Å². The number of piperidine rings is 1. The fourth-order valence-electron chi connectivity index (χ4n) is 2.52. The van der Waals surface area contributed by atoms with Crippen molar-refractivity contribution in [3.05, 3.63) is 0 Å². The van der Waals surface area contributed by atoms with Gasteiger partial charge in [-0.25, -0.2) is 0 Å². The molecule has 0 amide bonds. The van der Waals surface area contributed by atoms with Gasteiger partial charge in [-0.15, -0.1) is 0 Å². The second kappa shape index (κ2) is 6.49. The Balaban J connectivity index is 2.86. The molecule has 0 aromatic carbocycles. The van der Waals surface area contributed by atoms with E-state index in [9.17, 15) is 31.5 Å². The van der Waals surface area contributed by atoms with Gasteiger partial charge in [-0.1, -0.05) is 13.3 Å². The van der Waals surface area contributed by atoms with Crippen LogP contribution >= 0.6 is 0 Å². The van der Waals surface area contributed by atoms with Gasteiger partial charge in [-0.2, -0.15) is 30.6 Å². The monoisotopic (exact) mass is 332 g/mol. The smallest absolute Gasteiger partial charge is 0.402 e. The Morgan fingerprint density at radius 2 is 2.05 bits per heavy atom. The molecular formula is C11H19F3N2O4S. The van der Waals surface area contributed by atoms with Gasteiger partial charge in [-0.05, 0) is 19.3 Å². The highest BCUT2D eigenvalue weighted by atomic mass is 32.2. The fourth-order valence-corrected chi connectivity index (χ4v) is 3.84. The molecule has 1 atom stereocenters. The van der Waals surface area contributed by atoms with E-state index in [1.54, 1.807) is 6.92 Å². The van der Waals surface area contributed by atoms with E-state index in [2.05, 4.69) is 0 Å². The van der Waals surface area contributed by atoms with Crippen molar-refractivity contribution in [2.45, 2.75) is 38.8 Å². The van der Waals surface area contributed by atoms with Crippen LogP contribution in [0.4, 0.5) is 13.2 Å². The summed E-state index contributed by atoms with van der Waals surface area (Å²) >= 11 is 0. The van der Waals surface area contributed by atoms with Gasteiger partial charge >= 0.3 is 12.1 Å². The van der Waals surface area contributed by atoms with Crippen molar-refractivity contribution >= 4 is 16.2 Å². The van der Waals surface area contributed by atoms with E-state index in [1.807, 2.05) is 0 Å². The molecule has 0 aromatic rings. The van der Waals surface area contributed by atoms with Crippen molar-refractivity contribution in [3.63, 3.8) is 0 Å². The van der Waals surface area contributed by atoms with E-state index in [0.29, 0.717) is 19.3 Å². The summed E-state index contributed by atoms with van der Waals surface area (Å²) in [5.41, 5.74) is -1.22. The summed E-state index contributed by atoms with van der Waals surface area (Å²) in [7, 11) is -4.34. The van der Waals surface area contributed by atoms with E-state index in [0.717, 1.165) is 4.31 Å². The Kier molecular flexibility index (Phi) is 5.62. The third kappa shape index (κ3) is 4.82. The molecule has 0 saturated carbocycles. The zero-order valence-electron chi connectivity index (χ0n) is 11.6. The first kappa shape index (κ1) is 18.2. The number of alkyl halides is 3. The number of aliphatic carboxylic acids is 1. The summed E-state index contributed by atoms with van der Waals surface area (Å²) in [6.07, 6.45) is -3.19. The Morgan fingerprint density at radius 3 is 2.52 bits per heavy atom. The van der Waals surface area contributed by atoms with Crippen molar-refractivity contribution in [1.29, 1.82) is 0 Å². The molecule has 10 heteroatoms. The second-order valence-corrected chi connectivity index (χ2v) is 6.97. The molecular weight excluding hydrogens is 313 g/mol. The third-order valence-electron chi connectivity index (χ3n) is 3.52. The van der Waals surface area contributed by atoms with E-state index < -0.39 is 34.3 Å². The molecule has 2 N–H and O–H groups in total. The predicted molar refractivity (Wildman–Crippen MR) is 68.8 cm³/mol. The van der Waals surface area contributed by atoms with Crippen LogP contribution in [0.25, 0.3) is 0 Å². The molecule has 6 nitrogen and oxygen atoms in total. The number of hydrogen-bond donors (Lipinski definition) is 2. The topological polar surface area (TPSA) is 86.7 Å². The SMILES string of the molecule is CCCC1(C(=O)O)CCCN(S(=O)(=O)NCC(F)(F)F)C1. The van der Waals surface area contributed by atoms with Crippen LogP contribution < -0.4 is 4.72 Å². The van der Waals surface area contributed by atoms with Gasteiger partial charge in [0.2, 0.25) is 0 Å². The minimum Gasteiger partial charge on any atom is -0.481 e. The number of carbonyl (C=O) groups is 1. The summed E-state index contributed by atoms with van der Waals surface area (Å²) in [5, 5.41) is 9.34. The lowest BCUT2D eigenvalue weighted by Crippen LogP contribution is -2.53. The van der Waals surface area contributed by atoms with E-state index in [-0.39, 0.29) is 19.5 Å². The first-order valence-corrected chi connectivity index (χ1v) is 8.01. The van der Waals surface area contributed by atoms with E-state index >= 15 is 0 Å². The highest BCUT2D eigenvalue weighted by Crippen LogP contribution is 2.35. The van der Waals surface area contributed by atoms with Gasteiger partial charge < -0.3 is 5.11 Å². The van der Waals surface area contributed by atoms with Crippen LogP contribution in [0, 0.1) is 5.41 Å². The molecule has 0 bridgehead atoms. The lowest BCUT2D eigenvalue weighted by atomic mass is 9.77. The number of hydrogen-bond acceptors (Lipinski definition) is 3. The van der Waals surface area contributed by atoms with Gasteiger partial charge in [0.15, 0.2) is 0 Å². The van der Waals surface area contributed by atoms with Crippen LogP contribution in [0.15, 0.2) is 0 Å². The average Bonchev–Trinajstić information content (AvgIpc) is 2.36. The maximum absolute atomic E-state index is 12.1. The van der Waals surface area contributed by atoms with Gasteiger partial charge in [0.05, 0.1) is 5.41 Å². The van der Waals surface area contributed by atoms with Gasteiger partial charge in [0.1, 0.15) is 6.54 Å². The molecule has 0 radical (unpaired) electrons. The van der Waals surface area contributed by atoms with Crippen LogP contribution in [0.3, 0.4) is 0 Å². The molecule has 0 spiro atoms. The largest absolute Gasteiger partial charge is 0.481 e. The lowest BCUT2D eigenvalue weighted by molar-refractivity contribution is -0.152. The average molecular weight is 332 g/mol. The quantitative estimate of drug-likeness (QED) is 0.769. The molecule has 1 aliphatic rings. The lowest BCUT2D eigenvalue weighted by Gasteiger charge is -2.39. The maximum Gasteiger partial charge on any atom is 0.402 e. The number of carboxylic acid groups (broad SMARTS) is 1. The molecule has 1 unspecified atom stereocenters. The Bertz CT molecular complexity index is 476.